The highest BCUT2D eigenvalue weighted by Crippen LogP contribution is 2.17. The van der Waals surface area contributed by atoms with E-state index < -0.39 is 22.6 Å². The molecule has 0 saturated carbocycles. The van der Waals surface area contributed by atoms with Crippen LogP contribution in [0.1, 0.15) is 13.3 Å². The Bertz CT molecular complexity index is 562. The smallest absolute Gasteiger partial charge is 0.339 e. The maximum absolute atomic E-state index is 11.1. The van der Waals surface area contributed by atoms with Crippen LogP contribution in [0.3, 0.4) is 0 Å². The van der Waals surface area contributed by atoms with Gasteiger partial charge in [0.25, 0.3) is 0 Å². The minimum atomic E-state index is -1.33. The van der Waals surface area contributed by atoms with Crippen molar-refractivity contribution in [2.24, 2.45) is 12.8 Å². The number of aromatic amines is 1. The number of nitrogens with two attached hydrogens (primary N) is 1. The molecule has 1 rings (SSSR count). The predicted molar refractivity (Wildman–Crippen MR) is 65.7 cm³/mol. The zero-order valence-electron chi connectivity index (χ0n) is 9.97. The van der Waals surface area contributed by atoms with E-state index in [0.717, 1.165) is 11.8 Å². The second-order valence-corrected chi connectivity index (χ2v) is 5.08. The van der Waals surface area contributed by atoms with E-state index >= 15 is 0 Å². The molecule has 0 aromatic carbocycles. The van der Waals surface area contributed by atoms with Gasteiger partial charge in [0, 0.05) is 12.8 Å². The highest BCUT2D eigenvalue weighted by Gasteiger charge is 2.27. The maximum atomic E-state index is 11.1. The van der Waals surface area contributed by atoms with Crippen molar-refractivity contribution in [3.63, 3.8) is 0 Å². The van der Waals surface area contributed by atoms with Crippen LogP contribution in [0.15, 0.2) is 14.7 Å². The summed E-state index contributed by atoms with van der Waals surface area (Å²) in [4.78, 5) is 36.4. The summed E-state index contributed by atoms with van der Waals surface area (Å²) in [5.41, 5.74) is 2.56. The van der Waals surface area contributed by atoms with Crippen molar-refractivity contribution in [1.29, 1.82) is 0 Å². The standard InChI is InChI=1S/C9H14N4O4S/c1-9(10,7(16)17)3-4-18-8-11-5(14)6(15)12-13(8)2/h3-4,10H2,1-2H3,(H,12,15)(H,16,17). The normalized spacial score (nSPS) is 14.2. The third kappa shape index (κ3) is 3.44. The van der Waals surface area contributed by atoms with Gasteiger partial charge in [-0.15, -0.1) is 0 Å². The van der Waals surface area contributed by atoms with Crippen LogP contribution in [0.5, 0.6) is 0 Å². The number of hydrogen-bond acceptors (Lipinski definition) is 6. The molecule has 0 fully saturated rings. The van der Waals surface area contributed by atoms with Gasteiger partial charge in [0.2, 0.25) is 0 Å². The number of aryl methyl sites for hydroxylation is 1. The molecule has 1 heterocycles. The number of carboxylic acid groups (broad SMARTS) is 1. The SMILES string of the molecule is Cn1[nH]c(=O)c(=O)nc1SCCC(C)(N)C(=O)O. The molecule has 0 aliphatic carbocycles. The number of rotatable bonds is 5. The highest BCUT2D eigenvalue weighted by molar-refractivity contribution is 7.99. The molecule has 4 N–H and O–H groups in total. The maximum Gasteiger partial charge on any atom is 0.339 e. The number of carbonyl (C=O) groups is 1. The third-order valence-electron chi connectivity index (χ3n) is 2.29. The molecule has 0 aliphatic rings. The predicted octanol–water partition coefficient (Wildman–Crippen LogP) is -1.25. The number of thioether (sulfide) groups is 1. The van der Waals surface area contributed by atoms with Gasteiger partial charge >= 0.3 is 17.1 Å². The number of aliphatic carboxylic acids is 1. The minimum Gasteiger partial charge on any atom is -0.480 e. The zero-order valence-corrected chi connectivity index (χ0v) is 10.8. The lowest BCUT2D eigenvalue weighted by Gasteiger charge is -2.18. The van der Waals surface area contributed by atoms with Crippen molar-refractivity contribution >= 4 is 17.7 Å². The van der Waals surface area contributed by atoms with E-state index in [9.17, 15) is 14.4 Å². The third-order valence-corrected chi connectivity index (χ3v) is 3.32. The lowest BCUT2D eigenvalue weighted by molar-refractivity contribution is -0.142. The molecule has 1 aromatic rings. The molecule has 8 nitrogen and oxygen atoms in total. The summed E-state index contributed by atoms with van der Waals surface area (Å²) in [5.74, 6) is -0.725. The van der Waals surface area contributed by atoms with Crippen LogP contribution in [-0.2, 0) is 11.8 Å². The number of nitrogens with one attached hydrogen (secondary N) is 1. The van der Waals surface area contributed by atoms with Gasteiger partial charge in [-0.05, 0) is 13.3 Å². The summed E-state index contributed by atoms with van der Waals surface area (Å²) >= 11 is 1.15. The van der Waals surface area contributed by atoms with Crippen molar-refractivity contribution in [1.82, 2.24) is 14.8 Å². The second-order valence-electron chi connectivity index (χ2n) is 4.02. The summed E-state index contributed by atoms with van der Waals surface area (Å²) in [7, 11) is 1.54. The molecule has 0 aliphatic heterocycles. The minimum absolute atomic E-state index is 0.210. The Hall–Kier alpha value is -1.61. The monoisotopic (exact) mass is 274 g/mol. The molecule has 9 heteroatoms. The quantitative estimate of drug-likeness (QED) is 0.451. The number of aromatic nitrogens is 3. The van der Waals surface area contributed by atoms with Crippen LogP contribution in [0.4, 0.5) is 0 Å². The van der Waals surface area contributed by atoms with Gasteiger partial charge in [0.15, 0.2) is 5.16 Å². The van der Waals surface area contributed by atoms with Crippen LogP contribution < -0.4 is 16.9 Å². The molecule has 0 saturated heterocycles. The van der Waals surface area contributed by atoms with Gasteiger partial charge in [0.05, 0.1) is 0 Å². The lowest BCUT2D eigenvalue weighted by atomic mass is 10.0. The number of carboxylic acids is 1. The van der Waals surface area contributed by atoms with E-state index in [1.165, 1.54) is 18.7 Å². The van der Waals surface area contributed by atoms with Crippen LogP contribution in [0.25, 0.3) is 0 Å². The largest absolute Gasteiger partial charge is 0.480 e. The summed E-state index contributed by atoms with van der Waals surface area (Å²) in [6, 6.07) is 0. The zero-order chi connectivity index (χ0) is 13.9. The van der Waals surface area contributed by atoms with Crippen molar-refractivity contribution in [2.75, 3.05) is 5.75 Å². The topological polar surface area (TPSA) is 131 Å². The molecule has 0 amide bonds. The summed E-state index contributed by atoms with van der Waals surface area (Å²) in [6.45, 7) is 1.41. The molecule has 1 aromatic heterocycles. The second kappa shape index (κ2) is 5.36. The average molecular weight is 274 g/mol. The fourth-order valence-corrected chi connectivity index (χ4v) is 2.15. The fraction of sp³-hybridized carbons (Fsp3) is 0.556. The van der Waals surface area contributed by atoms with E-state index in [1.54, 1.807) is 0 Å². The van der Waals surface area contributed by atoms with Gasteiger partial charge in [-0.1, -0.05) is 11.8 Å². The highest BCUT2D eigenvalue weighted by atomic mass is 32.2. The van der Waals surface area contributed by atoms with Crippen molar-refractivity contribution in [3.05, 3.63) is 20.7 Å². The van der Waals surface area contributed by atoms with Crippen LogP contribution >= 0.6 is 11.8 Å². The summed E-state index contributed by atoms with van der Waals surface area (Å²) in [5, 5.41) is 11.4. The van der Waals surface area contributed by atoms with Crippen molar-refractivity contribution in [3.8, 4) is 0 Å². The Kier molecular flexibility index (Phi) is 4.30. The first-order chi connectivity index (χ1) is 8.24. The molecule has 0 radical (unpaired) electrons. The molecular formula is C9H14N4O4S. The molecule has 18 heavy (non-hydrogen) atoms. The first-order valence-electron chi connectivity index (χ1n) is 5.06. The number of nitrogens with zero attached hydrogens (tertiary/aromatic N) is 2. The van der Waals surface area contributed by atoms with Gasteiger partial charge in [-0.2, -0.15) is 4.98 Å². The summed E-state index contributed by atoms with van der Waals surface area (Å²) < 4.78 is 1.31. The van der Waals surface area contributed by atoms with E-state index in [0.29, 0.717) is 10.9 Å². The van der Waals surface area contributed by atoms with Crippen molar-refractivity contribution < 1.29 is 9.90 Å². The van der Waals surface area contributed by atoms with E-state index in [2.05, 4.69) is 10.1 Å². The average Bonchev–Trinajstić information content (AvgIpc) is 2.25. The summed E-state index contributed by atoms with van der Waals surface area (Å²) in [6.07, 6.45) is 0.210. The Morgan fingerprint density at radius 2 is 2.22 bits per heavy atom. The van der Waals surface area contributed by atoms with E-state index in [-0.39, 0.29) is 6.42 Å². The Morgan fingerprint density at radius 3 is 2.78 bits per heavy atom. The fourth-order valence-electron chi connectivity index (χ4n) is 1.05. The van der Waals surface area contributed by atoms with E-state index in [1.807, 2.05) is 0 Å². The van der Waals surface area contributed by atoms with Gasteiger partial charge in [0.1, 0.15) is 5.54 Å². The Morgan fingerprint density at radius 1 is 1.61 bits per heavy atom. The number of hydrogen-bond donors (Lipinski definition) is 3. The molecular weight excluding hydrogens is 260 g/mol. The number of H-pyrrole nitrogens is 1. The van der Waals surface area contributed by atoms with Gasteiger partial charge < -0.3 is 10.8 Å². The lowest BCUT2D eigenvalue weighted by Crippen LogP contribution is -2.45. The van der Waals surface area contributed by atoms with E-state index in [4.69, 9.17) is 10.8 Å². The van der Waals surface area contributed by atoms with Crippen LogP contribution in [0.2, 0.25) is 0 Å². The first kappa shape index (κ1) is 14.5. The van der Waals surface area contributed by atoms with Crippen molar-refractivity contribution in [2.45, 2.75) is 24.0 Å². The van der Waals surface area contributed by atoms with Crippen LogP contribution in [-0.4, -0.2) is 37.1 Å². The molecule has 0 bridgehead atoms. The Balaban J connectivity index is 2.71. The molecule has 1 atom stereocenters. The molecule has 100 valence electrons. The first-order valence-corrected chi connectivity index (χ1v) is 6.05. The molecule has 1 unspecified atom stereocenters. The van der Waals surface area contributed by atoms with Gasteiger partial charge in [-0.3, -0.25) is 24.2 Å². The molecule has 0 spiro atoms. The van der Waals surface area contributed by atoms with Gasteiger partial charge in [-0.25, -0.2) is 0 Å². The Labute approximate surface area is 106 Å². The van der Waals surface area contributed by atoms with Crippen LogP contribution in [0, 0.1) is 0 Å².